The Labute approximate surface area is 195 Å². The molecule has 6 heteroatoms. The Hall–Kier alpha value is -1.50. The average molecular weight is 454 g/mol. The molecule has 5 fully saturated rings. The monoisotopic (exact) mass is 453 g/mol. The maximum Gasteiger partial charge on any atom is 0.235 e. The number of amides is 1. The van der Waals surface area contributed by atoms with Crippen LogP contribution in [0.2, 0.25) is 0 Å². The molecule has 1 aliphatic heterocycles. The van der Waals surface area contributed by atoms with Crippen LogP contribution in [-0.4, -0.2) is 55.2 Å². The van der Waals surface area contributed by atoms with Gasteiger partial charge < -0.3 is 4.74 Å². The molecule has 0 radical (unpaired) electrons. The zero-order valence-electron chi connectivity index (χ0n) is 19.4. The van der Waals surface area contributed by atoms with Gasteiger partial charge >= 0.3 is 0 Å². The van der Waals surface area contributed by atoms with Gasteiger partial charge in [-0.2, -0.15) is 0 Å². The first kappa shape index (κ1) is 21.1. The Balaban J connectivity index is 1.33. The molecule has 2 aromatic rings. The molecule has 4 saturated carbocycles. The van der Waals surface area contributed by atoms with Gasteiger partial charge in [-0.1, -0.05) is 17.4 Å². The average Bonchev–Trinajstić information content (AvgIpc) is 3.21. The van der Waals surface area contributed by atoms with E-state index < -0.39 is 0 Å². The van der Waals surface area contributed by atoms with Gasteiger partial charge in [0.15, 0.2) is 5.13 Å². The van der Waals surface area contributed by atoms with E-state index in [4.69, 9.17) is 9.72 Å². The number of nitrogens with zero attached hydrogens (tertiary/aromatic N) is 3. The summed E-state index contributed by atoms with van der Waals surface area (Å²) in [5.41, 5.74) is 3.43. The molecule has 0 spiro atoms. The van der Waals surface area contributed by atoms with E-state index in [0.717, 1.165) is 87.1 Å². The number of hydrogen-bond donors (Lipinski definition) is 0. The van der Waals surface area contributed by atoms with E-state index in [-0.39, 0.29) is 5.41 Å². The molecule has 1 aromatic carbocycles. The Morgan fingerprint density at radius 2 is 1.78 bits per heavy atom. The van der Waals surface area contributed by atoms with Gasteiger partial charge in [-0.25, -0.2) is 4.98 Å². The number of anilines is 1. The van der Waals surface area contributed by atoms with Crippen molar-refractivity contribution in [1.82, 2.24) is 9.88 Å². The summed E-state index contributed by atoms with van der Waals surface area (Å²) in [5.74, 6) is 2.68. The maximum atomic E-state index is 14.3. The molecule has 4 bridgehead atoms. The molecule has 1 aromatic heterocycles. The first-order valence-corrected chi connectivity index (χ1v) is 13.3. The quantitative estimate of drug-likeness (QED) is 0.653. The zero-order valence-corrected chi connectivity index (χ0v) is 20.3. The Morgan fingerprint density at radius 3 is 2.44 bits per heavy atom. The topological polar surface area (TPSA) is 45.7 Å². The number of carbonyl (C=O) groups is 1. The molecule has 172 valence electrons. The van der Waals surface area contributed by atoms with E-state index in [1.807, 2.05) is 0 Å². The van der Waals surface area contributed by atoms with Crippen LogP contribution in [0.3, 0.4) is 0 Å². The summed E-state index contributed by atoms with van der Waals surface area (Å²) in [5, 5.41) is 0.905. The van der Waals surface area contributed by atoms with Crippen molar-refractivity contribution in [2.24, 2.45) is 23.2 Å². The van der Waals surface area contributed by atoms with Gasteiger partial charge in [-0.15, -0.1) is 0 Å². The Kier molecular flexibility index (Phi) is 5.31. The summed E-state index contributed by atoms with van der Waals surface area (Å²) in [4.78, 5) is 24.0. The third kappa shape index (κ3) is 3.59. The SMILES string of the molecule is Cc1ccc2sc(N(CCN3CCOCC3)C(=O)C34CC5CC(CC(C5)C3)C4)nc2c1C. The van der Waals surface area contributed by atoms with Crippen molar-refractivity contribution in [2.45, 2.75) is 52.4 Å². The Morgan fingerprint density at radius 1 is 1.12 bits per heavy atom. The minimum Gasteiger partial charge on any atom is -0.379 e. The lowest BCUT2D eigenvalue weighted by molar-refractivity contribution is -0.143. The van der Waals surface area contributed by atoms with E-state index >= 15 is 0 Å². The Bertz CT molecular complexity index is 990. The number of hydrogen-bond acceptors (Lipinski definition) is 5. The molecule has 5 aliphatic rings. The van der Waals surface area contributed by atoms with Gasteiger partial charge in [0.05, 0.1) is 28.8 Å². The third-order valence-corrected chi connectivity index (χ3v) is 9.83. The molecule has 32 heavy (non-hydrogen) atoms. The number of thiazole rings is 1. The van der Waals surface area contributed by atoms with E-state index in [1.54, 1.807) is 11.3 Å². The molecule has 7 rings (SSSR count). The molecule has 1 saturated heterocycles. The number of carbonyl (C=O) groups excluding carboxylic acids is 1. The highest BCUT2D eigenvalue weighted by Gasteiger charge is 2.56. The van der Waals surface area contributed by atoms with Crippen LogP contribution in [-0.2, 0) is 9.53 Å². The molecule has 5 nitrogen and oxygen atoms in total. The van der Waals surface area contributed by atoms with Gasteiger partial charge in [-0.05, 0) is 87.3 Å². The second kappa shape index (κ2) is 8.07. The fourth-order valence-electron chi connectivity index (χ4n) is 7.34. The van der Waals surface area contributed by atoms with Crippen molar-refractivity contribution in [3.8, 4) is 0 Å². The first-order chi connectivity index (χ1) is 15.5. The number of ether oxygens (including phenoxy) is 1. The van der Waals surface area contributed by atoms with Crippen LogP contribution >= 0.6 is 11.3 Å². The van der Waals surface area contributed by atoms with Gasteiger partial charge in [0.2, 0.25) is 5.91 Å². The number of fused-ring (bicyclic) bond motifs is 1. The summed E-state index contributed by atoms with van der Waals surface area (Å²) in [7, 11) is 0. The highest BCUT2D eigenvalue weighted by atomic mass is 32.1. The summed E-state index contributed by atoms with van der Waals surface area (Å²) < 4.78 is 6.73. The predicted molar refractivity (Wildman–Crippen MR) is 129 cm³/mol. The lowest BCUT2D eigenvalue weighted by Crippen LogP contribution is -2.56. The molecule has 2 heterocycles. The molecule has 1 amide bonds. The van der Waals surface area contributed by atoms with Crippen molar-refractivity contribution >= 4 is 32.6 Å². The van der Waals surface area contributed by atoms with E-state index in [2.05, 4.69) is 35.8 Å². The van der Waals surface area contributed by atoms with Crippen LogP contribution in [0.5, 0.6) is 0 Å². The molecule has 0 atom stereocenters. The second-order valence-corrected chi connectivity index (χ2v) is 12.0. The van der Waals surface area contributed by atoms with Crippen molar-refractivity contribution in [3.63, 3.8) is 0 Å². The van der Waals surface area contributed by atoms with Crippen molar-refractivity contribution in [1.29, 1.82) is 0 Å². The summed E-state index contributed by atoms with van der Waals surface area (Å²) in [6, 6.07) is 4.35. The predicted octanol–water partition coefficient (Wildman–Crippen LogP) is 4.79. The minimum absolute atomic E-state index is 0.136. The number of morpholine rings is 1. The second-order valence-electron chi connectivity index (χ2n) is 11.0. The van der Waals surface area contributed by atoms with Gasteiger partial charge in [0.1, 0.15) is 0 Å². The van der Waals surface area contributed by atoms with Gasteiger partial charge in [0, 0.05) is 26.2 Å². The number of aryl methyl sites for hydroxylation is 2. The molecule has 0 N–H and O–H groups in total. The molecule has 0 unspecified atom stereocenters. The normalized spacial score (nSPS) is 32.0. The van der Waals surface area contributed by atoms with E-state index in [0.29, 0.717) is 5.91 Å². The van der Waals surface area contributed by atoms with Gasteiger partial charge in [0.25, 0.3) is 0 Å². The highest BCUT2D eigenvalue weighted by Crippen LogP contribution is 2.60. The summed E-state index contributed by atoms with van der Waals surface area (Å²) >= 11 is 1.70. The van der Waals surface area contributed by atoms with Crippen LogP contribution in [0.15, 0.2) is 12.1 Å². The fraction of sp³-hybridized carbons (Fsp3) is 0.692. The summed E-state index contributed by atoms with van der Waals surface area (Å²) in [6.07, 6.45) is 7.40. The van der Waals surface area contributed by atoms with Crippen molar-refractivity contribution in [2.75, 3.05) is 44.3 Å². The van der Waals surface area contributed by atoms with E-state index in [1.165, 1.54) is 35.1 Å². The number of rotatable bonds is 5. The van der Waals surface area contributed by atoms with Crippen LogP contribution in [0, 0.1) is 37.0 Å². The molecular weight excluding hydrogens is 418 g/mol. The van der Waals surface area contributed by atoms with Crippen molar-refractivity contribution in [3.05, 3.63) is 23.3 Å². The smallest absolute Gasteiger partial charge is 0.235 e. The molecular formula is C26H35N3O2S. The fourth-order valence-corrected chi connectivity index (χ4v) is 8.39. The van der Waals surface area contributed by atoms with Crippen LogP contribution in [0.25, 0.3) is 10.2 Å². The number of benzene rings is 1. The van der Waals surface area contributed by atoms with Crippen LogP contribution < -0.4 is 4.90 Å². The highest BCUT2D eigenvalue weighted by molar-refractivity contribution is 7.22. The first-order valence-electron chi connectivity index (χ1n) is 12.5. The molecule has 4 aliphatic carbocycles. The standard InChI is InChI=1S/C26H35N3O2S/c1-17-3-4-22-23(18(17)2)27-25(32-22)29(6-5-28-7-9-31-10-8-28)24(30)26-14-19-11-20(15-26)13-21(12-19)16-26/h3-4,19-21H,5-16H2,1-2H3. The van der Waals surface area contributed by atoms with Crippen molar-refractivity contribution < 1.29 is 9.53 Å². The summed E-state index contributed by atoms with van der Waals surface area (Å²) in [6.45, 7) is 9.43. The largest absolute Gasteiger partial charge is 0.379 e. The lowest BCUT2D eigenvalue weighted by Gasteiger charge is -2.56. The van der Waals surface area contributed by atoms with Crippen LogP contribution in [0.1, 0.15) is 49.7 Å². The zero-order chi connectivity index (χ0) is 21.9. The van der Waals surface area contributed by atoms with Gasteiger partial charge in [-0.3, -0.25) is 14.6 Å². The van der Waals surface area contributed by atoms with E-state index in [9.17, 15) is 4.79 Å². The number of aromatic nitrogens is 1. The lowest BCUT2D eigenvalue weighted by atomic mass is 9.49. The maximum absolute atomic E-state index is 14.3. The van der Waals surface area contributed by atoms with Crippen LogP contribution in [0.4, 0.5) is 5.13 Å². The minimum atomic E-state index is -0.136. The third-order valence-electron chi connectivity index (χ3n) is 8.79.